The Morgan fingerprint density at radius 1 is 1.30 bits per heavy atom. The molecule has 2 N–H and O–H groups in total. The van der Waals surface area contributed by atoms with Crippen LogP contribution in [0.1, 0.15) is 39.2 Å². The van der Waals surface area contributed by atoms with E-state index in [2.05, 4.69) is 23.9 Å². The number of benzene rings is 1. The summed E-state index contributed by atoms with van der Waals surface area (Å²) in [6, 6.07) is 5.30. The second-order valence-corrected chi connectivity index (χ2v) is 7.72. The third-order valence-electron chi connectivity index (χ3n) is 3.51. The van der Waals surface area contributed by atoms with Gasteiger partial charge in [0.05, 0.1) is 4.90 Å². The summed E-state index contributed by atoms with van der Waals surface area (Å²) in [5, 5.41) is 3.29. The van der Waals surface area contributed by atoms with Crippen LogP contribution in [0, 0.1) is 5.92 Å². The van der Waals surface area contributed by atoms with E-state index in [9.17, 15) is 8.42 Å². The minimum absolute atomic E-state index is 0.0471. The van der Waals surface area contributed by atoms with Gasteiger partial charge in [-0.15, -0.1) is 0 Å². The van der Waals surface area contributed by atoms with Crippen molar-refractivity contribution in [3.05, 3.63) is 23.8 Å². The van der Waals surface area contributed by atoms with Crippen LogP contribution in [0.2, 0.25) is 0 Å². The zero-order valence-electron chi connectivity index (χ0n) is 12.4. The van der Waals surface area contributed by atoms with Crippen LogP contribution in [-0.2, 0) is 16.4 Å². The van der Waals surface area contributed by atoms with Crippen molar-refractivity contribution in [2.45, 2.75) is 51.0 Å². The first-order valence-electron chi connectivity index (χ1n) is 7.27. The Labute approximate surface area is 122 Å². The van der Waals surface area contributed by atoms with Crippen LogP contribution in [0.25, 0.3) is 0 Å². The van der Waals surface area contributed by atoms with Gasteiger partial charge < -0.3 is 5.32 Å². The topological polar surface area (TPSA) is 58.2 Å². The van der Waals surface area contributed by atoms with Gasteiger partial charge in [0.1, 0.15) is 0 Å². The van der Waals surface area contributed by atoms with Gasteiger partial charge in [0.2, 0.25) is 10.0 Å². The number of anilines is 1. The van der Waals surface area contributed by atoms with Crippen molar-refractivity contribution >= 4 is 15.7 Å². The number of sulfonamides is 1. The molecule has 0 radical (unpaired) electrons. The quantitative estimate of drug-likeness (QED) is 0.878. The molecule has 0 spiro atoms. The molecule has 1 atom stereocenters. The van der Waals surface area contributed by atoms with Crippen molar-refractivity contribution in [2.24, 2.45) is 5.92 Å². The monoisotopic (exact) mass is 296 g/mol. The summed E-state index contributed by atoms with van der Waals surface area (Å²) in [5.74, 6) is 0.473. The van der Waals surface area contributed by atoms with Gasteiger partial charge in [-0.25, -0.2) is 13.1 Å². The maximum Gasteiger partial charge on any atom is 0.240 e. The Hall–Kier alpha value is -1.07. The van der Waals surface area contributed by atoms with Crippen LogP contribution in [0.3, 0.4) is 0 Å². The summed E-state index contributed by atoms with van der Waals surface area (Å²) >= 11 is 0. The molecule has 5 heteroatoms. The molecular weight excluding hydrogens is 272 g/mol. The summed E-state index contributed by atoms with van der Waals surface area (Å²) in [5.41, 5.74) is 2.15. The third kappa shape index (κ3) is 3.73. The first kappa shape index (κ1) is 15.3. The predicted molar refractivity (Wildman–Crippen MR) is 82.5 cm³/mol. The van der Waals surface area contributed by atoms with Gasteiger partial charge in [0, 0.05) is 18.3 Å². The van der Waals surface area contributed by atoms with Crippen molar-refractivity contribution in [1.82, 2.24) is 4.72 Å². The van der Waals surface area contributed by atoms with Crippen molar-refractivity contribution in [1.29, 1.82) is 0 Å². The molecule has 0 bridgehead atoms. The summed E-state index contributed by atoms with van der Waals surface area (Å²) in [7, 11) is -3.42. The lowest BCUT2D eigenvalue weighted by atomic mass is 10.0. The van der Waals surface area contributed by atoms with Gasteiger partial charge in [0.25, 0.3) is 0 Å². The van der Waals surface area contributed by atoms with E-state index in [0.717, 1.165) is 37.1 Å². The van der Waals surface area contributed by atoms with E-state index >= 15 is 0 Å². The van der Waals surface area contributed by atoms with Crippen LogP contribution in [-0.4, -0.2) is 21.0 Å². The van der Waals surface area contributed by atoms with E-state index in [1.54, 1.807) is 12.1 Å². The highest BCUT2D eigenvalue weighted by atomic mass is 32.2. The standard InChI is InChI=1S/C15H24N2O2S/c1-11(2)9-12(3)17-20(18,19)14-6-7-15-13(10-14)5-4-8-16-15/h6-7,10-12,16-17H,4-5,8-9H2,1-3H3. The van der Waals surface area contributed by atoms with Gasteiger partial charge in [-0.05, 0) is 55.9 Å². The minimum atomic E-state index is -3.42. The Morgan fingerprint density at radius 2 is 2.05 bits per heavy atom. The Balaban J connectivity index is 2.17. The fraction of sp³-hybridized carbons (Fsp3) is 0.600. The number of hydrogen-bond donors (Lipinski definition) is 2. The van der Waals surface area contributed by atoms with Crippen molar-refractivity contribution in [3.63, 3.8) is 0 Å². The van der Waals surface area contributed by atoms with Crippen LogP contribution in [0.5, 0.6) is 0 Å². The van der Waals surface area contributed by atoms with Crippen LogP contribution in [0.15, 0.2) is 23.1 Å². The van der Waals surface area contributed by atoms with E-state index in [1.807, 2.05) is 13.0 Å². The van der Waals surface area contributed by atoms with Gasteiger partial charge in [-0.2, -0.15) is 0 Å². The molecule has 1 unspecified atom stereocenters. The second-order valence-electron chi connectivity index (χ2n) is 6.00. The molecule has 0 saturated heterocycles. The van der Waals surface area contributed by atoms with E-state index in [0.29, 0.717) is 10.8 Å². The highest BCUT2D eigenvalue weighted by Crippen LogP contribution is 2.25. The summed E-state index contributed by atoms with van der Waals surface area (Å²) in [6.45, 7) is 7.06. The average Bonchev–Trinajstić information content (AvgIpc) is 2.36. The minimum Gasteiger partial charge on any atom is -0.385 e. The van der Waals surface area contributed by atoms with Crippen LogP contribution >= 0.6 is 0 Å². The number of nitrogens with one attached hydrogen (secondary N) is 2. The highest BCUT2D eigenvalue weighted by Gasteiger charge is 2.20. The fourth-order valence-electron chi connectivity index (χ4n) is 2.71. The van der Waals surface area contributed by atoms with Crippen LogP contribution in [0.4, 0.5) is 5.69 Å². The molecule has 0 amide bonds. The zero-order chi connectivity index (χ0) is 14.8. The fourth-order valence-corrected chi connectivity index (χ4v) is 4.01. The molecule has 1 aliphatic heterocycles. The molecule has 0 aliphatic carbocycles. The van der Waals surface area contributed by atoms with E-state index in [-0.39, 0.29) is 6.04 Å². The van der Waals surface area contributed by atoms with E-state index in [4.69, 9.17) is 0 Å². The molecule has 4 nitrogen and oxygen atoms in total. The molecule has 1 heterocycles. The molecule has 1 aliphatic rings. The maximum atomic E-state index is 12.4. The van der Waals surface area contributed by atoms with Crippen molar-refractivity contribution in [2.75, 3.05) is 11.9 Å². The summed E-state index contributed by atoms with van der Waals surface area (Å²) in [6.07, 6.45) is 2.83. The van der Waals surface area contributed by atoms with Gasteiger partial charge in [-0.1, -0.05) is 13.8 Å². The van der Waals surface area contributed by atoms with Crippen LogP contribution < -0.4 is 10.0 Å². The molecular formula is C15H24N2O2S. The first-order valence-corrected chi connectivity index (χ1v) is 8.76. The molecule has 112 valence electrons. The number of aryl methyl sites for hydroxylation is 1. The summed E-state index contributed by atoms with van der Waals surface area (Å²) < 4.78 is 27.5. The van der Waals surface area contributed by atoms with Gasteiger partial charge in [-0.3, -0.25) is 0 Å². The Bertz CT molecular complexity index is 567. The largest absolute Gasteiger partial charge is 0.385 e. The van der Waals surface area contributed by atoms with Crippen molar-refractivity contribution in [3.8, 4) is 0 Å². The zero-order valence-corrected chi connectivity index (χ0v) is 13.3. The van der Waals surface area contributed by atoms with Gasteiger partial charge in [0.15, 0.2) is 0 Å². The number of rotatable bonds is 5. The SMILES string of the molecule is CC(C)CC(C)NS(=O)(=O)c1ccc2c(c1)CCCN2. The Morgan fingerprint density at radius 3 is 2.75 bits per heavy atom. The maximum absolute atomic E-state index is 12.4. The summed E-state index contributed by atoms with van der Waals surface area (Å²) in [4.78, 5) is 0.371. The smallest absolute Gasteiger partial charge is 0.240 e. The molecule has 2 rings (SSSR count). The molecule has 0 aromatic heterocycles. The molecule has 0 saturated carbocycles. The molecule has 0 fully saturated rings. The lowest BCUT2D eigenvalue weighted by molar-refractivity contribution is 0.482. The Kier molecular flexibility index (Phi) is 4.70. The first-order chi connectivity index (χ1) is 9.38. The lowest BCUT2D eigenvalue weighted by Gasteiger charge is -2.20. The normalized spacial score (nSPS) is 16.6. The highest BCUT2D eigenvalue weighted by molar-refractivity contribution is 7.89. The predicted octanol–water partition coefficient (Wildman–Crippen LogP) is 2.76. The number of fused-ring (bicyclic) bond motifs is 1. The molecule has 1 aromatic rings. The van der Waals surface area contributed by atoms with E-state index < -0.39 is 10.0 Å². The van der Waals surface area contributed by atoms with Crippen molar-refractivity contribution < 1.29 is 8.42 Å². The van der Waals surface area contributed by atoms with E-state index in [1.165, 1.54) is 0 Å². The van der Waals surface area contributed by atoms with Gasteiger partial charge >= 0.3 is 0 Å². The molecule has 20 heavy (non-hydrogen) atoms. The lowest BCUT2D eigenvalue weighted by Crippen LogP contribution is -2.33. The average molecular weight is 296 g/mol. The molecule has 1 aromatic carbocycles. The number of hydrogen-bond acceptors (Lipinski definition) is 3. The second kappa shape index (κ2) is 6.14. The third-order valence-corrected chi connectivity index (χ3v) is 5.09.